The average Bonchev–Trinajstić information content (AvgIpc) is 2.59. The summed E-state index contributed by atoms with van der Waals surface area (Å²) in [6.07, 6.45) is 0.996. The summed E-state index contributed by atoms with van der Waals surface area (Å²) < 4.78 is 0. The van der Waals surface area contributed by atoms with Gasteiger partial charge in [-0.2, -0.15) is 0 Å². The highest BCUT2D eigenvalue weighted by molar-refractivity contribution is 6.30. The second-order valence-electron chi connectivity index (χ2n) is 7.16. The van der Waals surface area contributed by atoms with Gasteiger partial charge in [0.05, 0.1) is 0 Å². The van der Waals surface area contributed by atoms with Crippen LogP contribution in [0.25, 0.3) is 0 Å². The molecule has 2 fully saturated rings. The molecular formula is C18H26ClN3O2. The number of likely N-dealkylation sites (tertiary alicyclic amines) is 1. The first kappa shape index (κ1) is 17.7. The summed E-state index contributed by atoms with van der Waals surface area (Å²) in [5, 5.41) is 11.1. The van der Waals surface area contributed by atoms with Crippen molar-refractivity contribution in [3.63, 3.8) is 0 Å². The van der Waals surface area contributed by atoms with Crippen molar-refractivity contribution in [1.82, 2.24) is 14.7 Å². The number of hydrogen-bond acceptors (Lipinski definition) is 4. The van der Waals surface area contributed by atoms with E-state index in [2.05, 4.69) is 23.9 Å². The van der Waals surface area contributed by atoms with Crippen molar-refractivity contribution in [3.8, 4) is 0 Å². The van der Waals surface area contributed by atoms with Crippen LogP contribution in [0.4, 0.5) is 0 Å². The predicted molar refractivity (Wildman–Crippen MR) is 95.1 cm³/mol. The molecule has 3 rings (SSSR count). The Hall–Kier alpha value is -1.14. The molecule has 0 saturated carbocycles. The van der Waals surface area contributed by atoms with Crippen LogP contribution in [-0.4, -0.2) is 78.1 Å². The number of aliphatic hydroxyl groups is 1. The minimum Gasteiger partial charge on any atom is -0.378 e. The lowest BCUT2D eigenvalue weighted by atomic mass is 9.83. The summed E-state index contributed by atoms with van der Waals surface area (Å²) in [6, 6.07) is 6.84. The summed E-state index contributed by atoms with van der Waals surface area (Å²) in [5.41, 5.74) is 0.640. The molecule has 1 aromatic rings. The molecule has 1 aromatic carbocycles. The summed E-state index contributed by atoms with van der Waals surface area (Å²) >= 11 is 5.88. The van der Waals surface area contributed by atoms with Crippen molar-refractivity contribution in [1.29, 1.82) is 0 Å². The second kappa shape index (κ2) is 7.00. The molecule has 2 heterocycles. The summed E-state index contributed by atoms with van der Waals surface area (Å²) in [6.45, 7) is 4.30. The monoisotopic (exact) mass is 351 g/mol. The topological polar surface area (TPSA) is 47.0 Å². The van der Waals surface area contributed by atoms with Gasteiger partial charge in [-0.15, -0.1) is 0 Å². The highest BCUT2D eigenvalue weighted by Gasteiger charge is 2.43. The number of piperazine rings is 1. The molecule has 1 N–H and O–H groups in total. The zero-order chi connectivity index (χ0) is 17.3. The molecular weight excluding hydrogens is 326 g/mol. The Balaban J connectivity index is 1.72. The minimum atomic E-state index is -1.12. The van der Waals surface area contributed by atoms with Crippen LogP contribution in [0, 0.1) is 0 Å². The van der Waals surface area contributed by atoms with E-state index in [4.69, 9.17) is 11.6 Å². The smallest absolute Gasteiger partial charge is 0.256 e. The number of aliphatic hydroxyl groups excluding tert-OH is 1. The lowest BCUT2D eigenvalue weighted by Gasteiger charge is -2.53. The van der Waals surface area contributed by atoms with E-state index in [9.17, 15) is 9.90 Å². The summed E-state index contributed by atoms with van der Waals surface area (Å²) in [4.78, 5) is 19.4. The molecule has 0 bridgehead atoms. The molecule has 0 aliphatic carbocycles. The van der Waals surface area contributed by atoms with Gasteiger partial charge in [-0.05, 0) is 57.7 Å². The molecule has 0 unspecified atom stereocenters. The normalized spacial score (nSPS) is 23.4. The molecule has 2 aliphatic heterocycles. The molecule has 0 aromatic heterocycles. The van der Waals surface area contributed by atoms with Crippen LogP contribution in [0.5, 0.6) is 0 Å². The van der Waals surface area contributed by atoms with Crippen LogP contribution in [0.1, 0.15) is 24.5 Å². The van der Waals surface area contributed by atoms with Gasteiger partial charge in [-0.1, -0.05) is 23.7 Å². The van der Waals surface area contributed by atoms with Gasteiger partial charge in [-0.3, -0.25) is 9.69 Å². The maximum atomic E-state index is 12.8. The van der Waals surface area contributed by atoms with Crippen LogP contribution in [0.3, 0.4) is 0 Å². The van der Waals surface area contributed by atoms with Crippen LogP contribution in [0.15, 0.2) is 24.3 Å². The second-order valence-corrected chi connectivity index (χ2v) is 7.60. The van der Waals surface area contributed by atoms with Crippen molar-refractivity contribution >= 4 is 17.5 Å². The van der Waals surface area contributed by atoms with E-state index in [1.165, 1.54) is 0 Å². The van der Waals surface area contributed by atoms with E-state index in [0.717, 1.165) is 32.5 Å². The van der Waals surface area contributed by atoms with E-state index in [1.54, 1.807) is 24.3 Å². The van der Waals surface area contributed by atoms with Gasteiger partial charge in [0, 0.05) is 30.2 Å². The predicted octanol–water partition coefficient (Wildman–Crippen LogP) is 1.61. The fourth-order valence-corrected chi connectivity index (χ4v) is 3.91. The number of rotatable bonds is 2. The number of likely N-dealkylation sites (N-methyl/N-ethyl adjacent to an activating group) is 1. The first-order valence-corrected chi connectivity index (χ1v) is 8.91. The molecule has 24 heavy (non-hydrogen) atoms. The number of carbonyl (C=O) groups excluding carboxylic acids is 1. The first-order chi connectivity index (χ1) is 11.4. The average molecular weight is 352 g/mol. The van der Waals surface area contributed by atoms with Crippen molar-refractivity contribution in [2.75, 3.05) is 46.8 Å². The maximum absolute atomic E-state index is 12.8. The number of nitrogens with zero attached hydrogens (tertiary/aromatic N) is 3. The lowest BCUT2D eigenvalue weighted by Crippen LogP contribution is -2.65. The highest BCUT2D eigenvalue weighted by atomic mass is 35.5. The van der Waals surface area contributed by atoms with Gasteiger partial charge in [-0.25, -0.2) is 0 Å². The van der Waals surface area contributed by atoms with Gasteiger partial charge in [0.2, 0.25) is 0 Å². The van der Waals surface area contributed by atoms with E-state index < -0.39 is 6.10 Å². The van der Waals surface area contributed by atoms with Gasteiger partial charge >= 0.3 is 0 Å². The Bertz CT molecular complexity index is 584. The quantitative estimate of drug-likeness (QED) is 0.879. The fraction of sp³-hybridized carbons (Fsp3) is 0.611. The molecule has 2 aliphatic rings. The van der Waals surface area contributed by atoms with Crippen LogP contribution in [0.2, 0.25) is 5.02 Å². The number of hydrogen-bond donors (Lipinski definition) is 1. The summed E-state index contributed by atoms with van der Waals surface area (Å²) in [5.74, 6) is -0.205. The number of amides is 1. The Labute approximate surface area is 148 Å². The Kier molecular flexibility index (Phi) is 5.16. The molecule has 5 nitrogen and oxygen atoms in total. The third-order valence-electron chi connectivity index (χ3n) is 5.65. The van der Waals surface area contributed by atoms with Crippen LogP contribution < -0.4 is 0 Å². The van der Waals surface area contributed by atoms with Gasteiger partial charge in [0.1, 0.15) is 0 Å². The number of carbonyl (C=O) groups is 1. The number of piperidine rings is 1. The molecule has 0 radical (unpaired) electrons. The molecule has 132 valence electrons. The first-order valence-electron chi connectivity index (χ1n) is 8.53. The molecule has 1 amide bonds. The van der Waals surface area contributed by atoms with Gasteiger partial charge in [0.15, 0.2) is 6.10 Å². The number of benzene rings is 1. The number of halogens is 1. The SMILES string of the molecule is CN1CCC2(CC1)CN(C(=O)[C@@H](O)c1ccc(Cl)cc1)CCN2C. The Morgan fingerprint density at radius 2 is 1.75 bits per heavy atom. The van der Waals surface area contributed by atoms with Crippen LogP contribution in [-0.2, 0) is 4.79 Å². The van der Waals surface area contributed by atoms with Crippen molar-refractivity contribution < 1.29 is 9.90 Å². The standard InChI is InChI=1S/C18H26ClN3O2/c1-20-9-7-18(8-10-20)13-22(12-11-21(18)2)17(24)16(23)14-3-5-15(19)6-4-14/h3-6,16,23H,7-13H2,1-2H3/t16-/m0/s1. The zero-order valence-corrected chi connectivity index (χ0v) is 15.2. The molecule has 2 saturated heterocycles. The Morgan fingerprint density at radius 1 is 1.12 bits per heavy atom. The van der Waals surface area contributed by atoms with Crippen molar-refractivity contribution in [2.45, 2.75) is 24.5 Å². The van der Waals surface area contributed by atoms with Crippen molar-refractivity contribution in [3.05, 3.63) is 34.9 Å². The molecule has 1 spiro atoms. The maximum Gasteiger partial charge on any atom is 0.256 e. The van der Waals surface area contributed by atoms with Crippen molar-refractivity contribution in [2.24, 2.45) is 0 Å². The third-order valence-corrected chi connectivity index (χ3v) is 5.90. The third kappa shape index (κ3) is 3.45. The van der Waals surface area contributed by atoms with E-state index in [1.807, 2.05) is 4.90 Å². The zero-order valence-electron chi connectivity index (χ0n) is 14.4. The van der Waals surface area contributed by atoms with Gasteiger partial charge in [0.25, 0.3) is 5.91 Å². The summed E-state index contributed by atoms with van der Waals surface area (Å²) in [7, 11) is 4.30. The van der Waals surface area contributed by atoms with E-state index >= 15 is 0 Å². The largest absolute Gasteiger partial charge is 0.378 e. The Morgan fingerprint density at radius 3 is 2.38 bits per heavy atom. The van der Waals surface area contributed by atoms with E-state index in [0.29, 0.717) is 23.7 Å². The van der Waals surface area contributed by atoms with Gasteiger partial charge < -0.3 is 14.9 Å². The minimum absolute atomic E-state index is 0.0418. The molecule has 6 heteroatoms. The van der Waals surface area contributed by atoms with E-state index in [-0.39, 0.29) is 11.4 Å². The highest BCUT2D eigenvalue weighted by Crippen LogP contribution is 2.32. The molecule has 1 atom stereocenters. The lowest BCUT2D eigenvalue weighted by molar-refractivity contribution is -0.147. The fourth-order valence-electron chi connectivity index (χ4n) is 3.79. The van der Waals surface area contributed by atoms with Crippen LogP contribution >= 0.6 is 11.6 Å².